The number of nitrogens with zero attached hydrogens (tertiary/aromatic N) is 1. The van der Waals surface area contributed by atoms with Gasteiger partial charge in [0.1, 0.15) is 6.17 Å². The van der Waals surface area contributed by atoms with Crippen molar-refractivity contribution in [3.8, 4) is 11.1 Å². The minimum absolute atomic E-state index is 0.0654. The van der Waals surface area contributed by atoms with Crippen LogP contribution in [0.15, 0.2) is 85.3 Å². The fraction of sp³-hybridized carbons (Fsp3) is 0.125. The van der Waals surface area contributed by atoms with Gasteiger partial charge in [-0.15, -0.1) is 5.48 Å². The third-order valence-corrected chi connectivity index (χ3v) is 5.61. The predicted molar refractivity (Wildman–Crippen MR) is 121 cm³/mol. The van der Waals surface area contributed by atoms with E-state index in [0.717, 1.165) is 33.6 Å². The van der Waals surface area contributed by atoms with Gasteiger partial charge in [0, 0.05) is 18.7 Å². The van der Waals surface area contributed by atoms with Crippen molar-refractivity contribution in [2.75, 3.05) is 10.6 Å². The van der Waals surface area contributed by atoms with Gasteiger partial charge >= 0.3 is 0 Å². The number of hydrogen-bond donors (Lipinski definition) is 5. The third kappa shape index (κ3) is 3.25. The van der Waals surface area contributed by atoms with Crippen molar-refractivity contribution in [3.63, 3.8) is 0 Å². The van der Waals surface area contributed by atoms with E-state index in [1.54, 1.807) is 13.1 Å². The summed E-state index contributed by atoms with van der Waals surface area (Å²) in [6.45, 7) is 5.22. The molecule has 7 nitrogen and oxygen atoms in total. The smallest absolute Gasteiger partial charge is 0.229 e. The monoisotopic (exact) mass is 413 g/mol. The van der Waals surface area contributed by atoms with Crippen LogP contribution in [0.2, 0.25) is 0 Å². The van der Waals surface area contributed by atoms with E-state index in [1.807, 2.05) is 24.4 Å². The molecule has 2 unspecified atom stereocenters. The first-order valence-corrected chi connectivity index (χ1v) is 10.1. The van der Waals surface area contributed by atoms with Crippen LogP contribution in [0.4, 0.5) is 11.4 Å². The van der Waals surface area contributed by atoms with Gasteiger partial charge in [0.2, 0.25) is 5.88 Å². The summed E-state index contributed by atoms with van der Waals surface area (Å²) >= 11 is 0. The molecule has 2 aliphatic rings. The van der Waals surface area contributed by atoms with E-state index in [1.165, 1.54) is 11.8 Å². The summed E-state index contributed by atoms with van der Waals surface area (Å²) in [5, 5.41) is 19.7. The van der Waals surface area contributed by atoms with E-state index >= 15 is 0 Å². The standard InChI is InChI=1S/C24H23N5O2/c1-3-26-24(30)14(2)31-29-22-16-8-5-4-7-15(16)21-17(22)9-6-10-18(21)23-27-19-11-12-25-13-20(19)28-23/h3-13,22-23,26-30H,1H2,2H3/b24-14-. The third-order valence-electron chi connectivity index (χ3n) is 5.61. The number of rotatable bonds is 6. The van der Waals surface area contributed by atoms with Gasteiger partial charge in [0.15, 0.2) is 5.76 Å². The maximum Gasteiger partial charge on any atom is 0.229 e. The molecule has 2 heterocycles. The minimum atomic E-state index is -0.178. The molecule has 0 bridgehead atoms. The minimum Gasteiger partial charge on any atom is -0.492 e. The van der Waals surface area contributed by atoms with Gasteiger partial charge in [-0.25, -0.2) is 0 Å². The Labute approximate surface area is 180 Å². The second kappa shape index (κ2) is 7.70. The van der Waals surface area contributed by atoms with Crippen molar-refractivity contribution in [2.24, 2.45) is 0 Å². The number of aromatic nitrogens is 1. The molecule has 0 saturated heterocycles. The van der Waals surface area contributed by atoms with Crippen molar-refractivity contribution in [1.29, 1.82) is 0 Å². The first-order chi connectivity index (χ1) is 15.2. The zero-order chi connectivity index (χ0) is 21.4. The van der Waals surface area contributed by atoms with Crippen LogP contribution in [0.5, 0.6) is 0 Å². The second-order valence-electron chi connectivity index (χ2n) is 7.45. The van der Waals surface area contributed by atoms with Crippen LogP contribution < -0.4 is 21.4 Å². The quantitative estimate of drug-likeness (QED) is 0.296. The Morgan fingerprint density at radius 3 is 2.68 bits per heavy atom. The molecule has 1 aromatic heterocycles. The molecular weight excluding hydrogens is 390 g/mol. The van der Waals surface area contributed by atoms with Crippen molar-refractivity contribution in [1.82, 2.24) is 15.8 Å². The Hall–Kier alpha value is -3.97. The number of hydrogen-bond acceptors (Lipinski definition) is 7. The van der Waals surface area contributed by atoms with Crippen molar-refractivity contribution in [3.05, 3.63) is 102 Å². The molecule has 7 heteroatoms. The number of anilines is 2. The topological polar surface area (TPSA) is 90.5 Å². The first kappa shape index (κ1) is 19.0. The molecule has 1 aliphatic carbocycles. The Kier molecular flexibility index (Phi) is 4.72. The predicted octanol–water partition coefficient (Wildman–Crippen LogP) is 4.69. The van der Waals surface area contributed by atoms with Crippen LogP contribution in [0.1, 0.15) is 35.8 Å². The Morgan fingerprint density at radius 1 is 1.06 bits per heavy atom. The van der Waals surface area contributed by atoms with Crippen molar-refractivity contribution >= 4 is 11.4 Å². The molecule has 0 radical (unpaired) electrons. The molecule has 3 aromatic rings. The van der Waals surface area contributed by atoms with Crippen LogP contribution in [0.25, 0.3) is 11.1 Å². The van der Waals surface area contributed by atoms with E-state index in [0.29, 0.717) is 5.76 Å². The fourth-order valence-corrected chi connectivity index (χ4v) is 4.18. The number of pyridine rings is 1. The summed E-state index contributed by atoms with van der Waals surface area (Å²) in [5.74, 6) is 0.234. The summed E-state index contributed by atoms with van der Waals surface area (Å²) in [5.41, 5.74) is 10.8. The SMILES string of the molecule is C=CN/C(O)=C(\C)ONC1c2ccccc2-c2c(C3Nc4ccncc4N3)cccc21. The van der Waals surface area contributed by atoms with Crippen LogP contribution in [0, 0.1) is 0 Å². The number of nitrogens with one attached hydrogen (secondary N) is 4. The average molecular weight is 413 g/mol. The van der Waals surface area contributed by atoms with E-state index in [2.05, 4.69) is 63.3 Å². The Bertz CT molecular complexity index is 1170. The lowest BCUT2D eigenvalue weighted by molar-refractivity contribution is 0.0749. The number of hydroxylamine groups is 1. The van der Waals surface area contributed by atoms with Crippen molar-refractivity contribution < 1.29 is 9.94 Å². The van der Waals surface area contributed by atoms with Gasteiger partial charge in [-0.1, -0.05) is 49.0 Å². The molecule has 31 heavy (non-hydrogen) atoms. The number of benzene rings is 2. The molecule has 0 fully saturated rings. The van der Waals surface area contributed by atoms with E-state index in [9.17, 15) is 5.11 Å². The molecular formula is C24H23N5O2. The highest BCUT2D eigenvalue weighted by atomic mass is 16.7. The van der Waals surface area contributed by atoms with Crippen LogP contribution in [-0.4, -0.2) is 10.1 Å². The second-order valence-corrected chi connectivity index (χ2v) is 7.45. The Balaban J connectivity index is 1.51. The zero-order valence-corrected chi connectivity index (χ0v) is 17.0. The summed E-state index contributed by atoms with van der Waals surface area (Å²) in [7, 11) is 0. The lowest BCUT2D eigenvalue weighted by atomic mass is 9.97. The molecule has 2 atom stereocenters. The normalized spacial score (nSPS) is 18.6. The van der Waals surface area contributed by atoms with Crippen LogP contribution in [-0.2, 0) is 4.84 Å². The largest absolute Gasteiger partial charge is 0.492 e. The highest BCUT2D eigenvalue weighted by Crippen LogP contribution is 2.48. The maximum absolute atomic E-state index is 9.97. The Morgan fingerprint density at radius 2 is 1.84 bits per heavy atom. The van der Waals surface area contributed by atoms with Gasteiger partial charge in [-0.05, 0) is 34.5 Å². The number of fused-ring (bicyclic) bond motifs is 4. The highest BCUT2D eigenvalue weighted by molar-refractivity contribution is 5.84. The summed E-state index contributed by atoms with van der Waals surface area (Å²) in [6, 6.07) is 16.4. The fourth-order valence-electron chi connectivity index (χ4n) is 4.18. The highest BCUT2D eigenvalue weighted by Gasteiger charge is 2.34. The molecule has 0 spiro atoms. The van der Waals surface area contributed by atoms with Gasteiger partial charge in [0.05, 0.1) is 23.6 Å². The lowest BCUT2D eigenvalue weighted by Crippen LogP contribution is -2.22. The van der Waals surface area contributed by atoms with E-state index in [-0.39, 0.29) is 18.1 Å². The molecule has 0 amide bonds. The first-order valence-electron chi connectivity index (χ1n) is 10.1. The zero-order valence-electron chi connectivity index (χ0n) is 17.0. The van der Waals surface area contributed by atoms with Crippen LogP contribution in [0.3, 0.4) is 0 Å². The molecule has 156 valence electrons. The van der Waals surface area contributed by atoms with Gasteiger partial charge in [-0.2, -0.15) is 0 Å². The molecule has 5 rings (SSSR count). The molecule has 2 aromatic carbocycles. The van der Waals surface area contributed by atoms with Crippen LogP contribution >= 0.6 is 0 Å². The molecule has 5 N–H and O–H groups in total. The maximum atomic E-state index is 9.97. The van der Waals surface area contributed by atoms with Gasteiger partial charge in [0.25, 0.3) is 0 Å². The number of aliphatic hydroxyl groups is 1. The molecule has 0 saturated carbocycles. The summed E-state index contributed by atoms with van der Waals surface area (Å²) in [4.78, 5) is 9.91. The van der Waals surface area contributed by atoms with E-state index < -0.39 is 0 Å². The van der Waals surface area contributed by atoms with E-state index in [4.69, 9.17) is 4.84 Å². The summed E-state index contributed by atoms with van der Waals surface area (Å²) < 4.78 is 0. The summed E-state index contributed by atoms with van der Waals surface area (Å²) in [6.07, 6.45) is 4.94. The van der Waals surface area contributed by atoms with Gasteiger partial charge in [-0.3, -0.25) is 4.98 Å². The van der Waals surface area contributed by atoms with Crippen molar-refractivity contribution in [2.45, 2.75) is 19.1 Å². The average Bonchev–Trinajstić information content (AvgIpc) is 3.37. The van der Waals surface area contributed by atoms with Gasteiger partial charge < -0.3 is 25.9 Å². The number of allylic oxidation sites excluding steroid dienone is 1. The lowest BCUT2D eigenvalue weighted by Gasteiger charge is -2.19. The molecule has 1 aliphatic heterocycles. The number of aliphatic hydroxyl groups excluding tert-OH is 1.